The largest absolute Gasteiger partial charge is 0.508 e. The number of carbonyl (C=O) groups is 1. The molecule has 0 spiro atoms. The molecule has 0 fully saturated rings. The number of thiazole rings is 1. The molecule has 5 nitrogen and oxygen atoms in total. The molecule has 1 aromatic carbocycles. The Morgan fingerprint density at radius 1 is 1.30 bits per heavy atom. The second-order valence-corrected chi connectivity index (χ2v) is 7.13. The van der Waals surface area contributed by atoms with E-state index in [-0.39, 0.29) is 12.6 Å². The molecule has 1 aromatic heterocycles. The Morgan fingerprint density at radius 2 is 1.96 bits per heavy atom. The second-order valence-electron chi connectivity index (χ2n) is 6.27. The lowest BCUT2D eigenvalue weighted by atomic mass is 10.0. The van der Waals surface area contributed by atoms with Crippen LogP contribution < -0.4 is 5.73 Å². The molecule has 6 heteroatoms. The molecule has 124 valence electrons. The van der Waals surface area contributed by atoms with Crippen LogP contribution in [0.3, 0.4) is 0 Å². The zero-order valence-corrected chi connectivity index (χ0v) is 14.6. The predicted molar refractivity (Wildman–Crippen MR) is 91.4 cm³/mol. The third kappa shape index (κ3) is 5.04. The van der Waals surface area contributed by atoms with Gasteiger partial charge in [0.1, 0.15) is 12.2 Å². The minimum atomic E-state index is -0.704. The first-order chi connectivity index (χ1) is 10.8. The van der Waals surface area contributed by atoms with E-state index in [1.54, 1.807) is 32.1 Å². The van der Waals surface area contributed by atoms with Gasteiger partial charge in [0, 0.05) is 0 Å². The molecule has 2 rings (SSSR count). The minimum Gasteiger partial charge on any atom is -0.432 e. The smallest absolute Gasteiger partial charge is 0.432 e. The highest BCUT2D eigenvalue weighted by atomic mass is 32.1. The van der Waals surface area contributed by atoms with E-state index < -0.39 is 11.8 Å². The van der Waals surface area contributed by atoms with Crippen molar-refractivity contribution in [1.29, 1.82) is 0 Å². The quantitative estimate of drug-likeness (QED) is 0.853. The molecule has 0 aliphatic carbocycles. The average molecular weight is 334 g/mol. The highest BCUT2D eigenvalue weighted by molar-refractivity contribution is 7.13. The number of aromatic nitrogens is 1. The molecule has 0 saturated heterocycles. The van der Waals surface area contributed by atoms with Crippen molar-refractivity contribution in [1.82, 2.24) is 4.98 Å². The van der Waals surface area contributed by atoms with Crippen LogP contribution >= 0.6 is 11.3 Å². The van der Waals surface area contributed by atoms with Gasteiger partial charge < -0.3 is 15.2 Å². The summed E-state index contributed by atoms with van der Waals surface area (Å²) in [6.07, 6.45) is -0.704. The van der Waals surface area contributed by atoms with Crippen molar-refractivity contribution in [2.75, 3.05) is 6.61 Å². The summed E-state index contributed by atoms with van der Waals surface area (Å²) in [6, 6.07) is 7.50. The molecule has 0 saturated carbocycles. The van der Waals surface area contributed by atoms with Crippen LogP contribution in [0.5, 0.6) is 0 Å². The molecule has 1 atom stereocenters. The number of hydrogen-bond donors (Lipinski definition) is 1. The molecule has 2 aromatic rings. The van der Waals surface area contributed by atoms with E-state index in [2.05, 4.69) is 4.98 Å². The van der Waals surface area contributed by atoms with Gasteiger partial charge in [-0.2, -0.15) is 0 Å². The van der Waals surface area contributed by atoms with Crippen LogP contribution in [0, 0.1) is 6.92 Å². The SMILES string of the molecule is Cc1ncsc1-c1ccc([C@@H](N)COC(=O)OC(C)(C)C)cc1. The van der Waals surface area contributed by atoms with Gasteiger partial charge >= 0.3 is 6.16 Å². The maximum atomic E-state index is 11.5. The standard InChI is InChI=1S/C17H22N2O3S/c1-11-15(23-10-19-11)13-7-5-12(6-8-13)14(18)9-21-16(20)22-17(2,3)4/h5-8,10,14H,9,18H2,1-4H3/t14-/m0/s1. The van der Waals surface area contributed by atoms with E-state index in [0.717, 1.165) is 21.7 Å². The lowest BCUT2D eigenvalue weighted by Crippen LogP contribution is -2.27. The van der Waals surface area contributed by atoms with E-state index in [1.807, 2.05) is 36.7 Å². The number of ether oxygens (including phenoxy) is 2. The fourth-order valence-corrected chi connectivity index (χ4v) is 2.81. The molecular weight excluding hydrogens is 312 g/mol. The first-order valence-electron chi connectivity index (χ1n) is 7.38. The first-order valence-corrected chi connectivity index (χ1v) is 8.26. The van der Waals surface area contributed by atoms with E-state index in [0.29, 0.717) is 0 Å². The first kappa shape index (κ1) is 17.4. The maximum absolute atomic E-state index is 11.5. The highest BCUT2D eigenvalue weighted by Crippen LogP contribution is 2.28. The molecule has 0 radical (unpaired) electrons. The van der Waals surface area contributed by atoms with Gasteiger partial charge in [-0.3, -0.25) is 0 Å². The van der Waals surface area contributed by atoms with E-state index in [4.69, 9.17) is 15.2 Å². The zero-order chi connectivity index (χ0) is 17.0. The van der Waals surface area contributed by atoms with Gasteiger partial charge in [-0.05, 0) is 38.8 Å². The van der Waals surface area contributed by atoms with Gasteiger partial charge in [0.2, 0.25) is 0 Å². The molecule has 0 aliphatic heterocycles. The van der Waals surface area contributed by atoms with Gasteiger partial charge in [-0.1, -0.05) is 24.3 Å². The number of hydrogen-bond acceptors (Lipinski definition) is 6. The van der Waals surface area contributed by atoms with Crippen LogP contribution in [-0.2, 0) is 9.47 Å². The topological polar surface area (TPSA) is 74.4 Å². The van der Waals surface area contributed by atoms with Crippen molar-refractivity contribution in [2.24, 2.45) is 5.73 Å². The molecule has 0 bridgehead atoms. The molecular formula is C17H22N2O3S. The third-order valence-corrected chi connectivity index (χ3v) is 4.09. The summed E-state index contributed by atoms with van der Waals surface area (Å²) in [7, 11) is 0. The fraction of sp³-hybridized carbons (Fsp3) is 0.412. The van der Waals surface area contributed by atoms with Gasteiger partial charge in [0.25, 0.3) is 0 Å². The van der Waals surface area contributed by atoms with E-state index >= 15 is 0 Å². The molecule has 2 N–H and O–H groups in total. The number of nitrogens with two attached hydrogens (primary N) is 1. The summed E-state index contributed by atoms with van der Waals surface area (Å²) in [5.41, 5.74) is 10.3. The molecule has 1 heterocycles. The summed E-state index contributed by atoms with van der Waals surface area (Å²) in [6.45, 7) is 7.42. The average Bonchev–Trinajstić information content (AvgIpc) is 2.89. The highest BCUT2D eigenvalue weighted by Gasteiger charge is 2.18. The van der Waals surface area contributed by atoms with Gasteiger partial charge in [-0.25, -0.2) is 9.78 Å². The Kier molecular flexibility index (Phi) is 5.38. The van der Waals surface area contributed by atoms with Crippen LogP contribution in [0.15, 0.2) is 29.8 Å². The molecule has 23 heavy (non-hydrogen) atoms. The summed E-state index contributed by atoms with van der Waals surface area (Å²) >= 11 is 1.61. The summed E-state index contributed by atoms with van der Waals surface area (Å²) in [4.78, 5) is 16.9. The van der Waals surface area contributed by atoms with Crippen molar-refractivity contribution in [3.05, 3.63) is 41.0 Å². The van der Waals surface area contributed by atoms with E-state index in [9.17, 15) is 4.79 Å². The fourth-order valence-electron chi connectivity index (χ4n) is 1.99. The van der Waals surface area contributed by atoms with Crippen LogP contribution in [-0.4, -0.2) is 23.3 Å². The van der Waals surface area contributed by atoms with Crippen LogP contribution in [0.25, 0.3) is 10.4 Å². The Bertz CT molecular complexity index is 659. The predicted octanol–water partition coefficient (Wildman–Crippen LogP) is 4.07. The number of rotatable bonds is 4. The Balaban J connectivity index is 1.94. The number of aryl methyl sites for hydroxylation is 1. The zero-order valence-electron chi connectivity index (χ0n) is 13.8. The summed E-state index contributed by atoms with van der Waals surface area (Å²) in [5, 5.41) is 0. The van der Waals surface area contributed by atoms with Crippen LogP contribution in [0.1, 0.15) is 38.1 Å². The Hall–Kier alpha value is -1.92. The van der Waals surface area contributed by atoms with Crippen molar-refractivity contribution in [3.8, 4) is 10.4 Å². The van der Waals surface area contributed by atoms with Gasteiger partial charge in [0.05, 0.1) is 22.1 Å². The Labute approximate surface area is 140 Å². The molecule has 0 aliphatic rings. The van der Waals surface area contributed by atoms with Crippen molar-refractivity contribution in [3.63, 3.8) is 0 Å². The minimum absolute atomic E-state index is 0.0772. The summed E-state index contributed by atoms with van der Waals surface area (Å²) in [5.74, 6) is 0. The third-order valence-electron chi connectivity index (χ3n) is 3.12. The normalized spacial score (nSPS) is 12.7. The molecule has 0 amide bonds. The number of nitrogens with zero attached hydrogens (tertiary/aromatic N) is 1. The lowest BCUT2D eigenvalue weighted by molar-refractivity contribution is -0.00935. The van der Waals surface area contributed by atoms with Crippen molar-refractivity contribution < 1.29 is 14.3 Å². The monoisotopic (exact) mass is 334 g/mol. The van der Waals surface area contributed by atoms with Gasteiger partial charge in [0.15, 0.2) is 0 Å². The van der Waals surface area contributed by atoms with Crippen molar-refractivity contribution in [2.45, 2.75) is 39.3 Å². The number of carbonyl (C=O) groups excluding carboxylic acids is 1. The van der Waals surface area contributed by atoms with Crippen molar-refractivity contribution >= 4 is 17.5 Å². The number of benzene rings is 1. The van der Waals surface area contributed by atoms with E-state index in [1.165, 1.54) is 0 Å². The van der Waals surface area contributed by atoms with Crippen LogP contribution in [0.2, 0.25) is 0 Å². The maximum Gasteiger partial charge on any atom is 0.508 e. The van der Waals surface area contributed by atoms with Gasteiger partial charge in [-0.15, -0.1) is 11.3 Å². The second kappa shape index (κ2) is 7.10. The molecule has 0 unspecified atom stereocenters. The lowest BCUT2D eigenvalue weighted by Gasteiger charge is -2.20. The Morgan fingerprint density at radius 3 is 2.48 bits per heavy atom. The van der Waals surface area contributed by atoms with Crippen LogP contribution in [0.4, 0.5) is 4.79 Å². The summed E-state index contributed by atoms with van der Waals surface area (Å²) < 4.78 is 10.1.